The molecule has 2 heterocycles. The molecule has 3 aromatic rings. The van der Waals surface area contributed by atoms with E-state index in [9.17, 15) is 4.79 Å². The van der Waals surface area contributed by atoms with Crippen LogP contribution in [0.3, 0.4) is 0 Å². The number of anilines is 1. The molecule has 0 bridgehead atoms. The minimum absolute atomic E-state index is 0.411. The van der Waals surface area contributed by atoms with E-state index in [0.29, 0.717) is 11.6 Å². The van der Waals surface area contributed by atoms with Gasteiger partial charge in [0.15, 0.2) is 0 Å². The standard InChI is InChI=1S/C20H23N5O2/c1-24-9-11-25(12-10-24)23-20(26)27-19-18(14-5-3-2-4-6-14)16-13-15(21)7-8-17(16)22-19/h2-8,13,22H,9-12,21H2,1H3,(H,23,26). The largest absolute Gasteiger partial charge is 0.428 e. The van der Waals surface area contributed by atoms with E-state index in [0.717, 1.165) is 48.2 Å². The molecule has 0 aliphatic carbocycles. The van der Waals surface area contributed by atoms with E-state index in [4.69, 9.17) is 10.5 Å². The van der Waals surface area contributed by atoms with Crippen molar-refractivity contribution in [2.24, 2.45) is 0 Å². The highest BCUT2D eigenvalue weighted by atomic mass is 16.6. The second kappa shape index (κ2) is 7.30. The van der Waals surface area contributed by atoms with Crippen LogP contribution in [0.15, 0.2) is 48.5 Å². The van der Waals surface area contributed by atoms with Gasteiger partial charge in [-0.05, 0) is 30.8 Å². The van der Waals surface area contributed by atoms with Crippen molar-refractivity contribution in [1.82, 2.24) is 20.3 Å². The number of nitrogens with one attached hydrogen (secondary N) is 2. The molecule has 1 aromatic heterocycles. The van der Waals surface area contributed by atoms with Crippen LogP contribution in [0.4, 0.5) is 10.5 Å². The highest BCUT2D eigenvalue weighted by Crippen LogP contribution is 2.38. The highest BCUT2D eigenvalue weighted by molar-refractivity contribution is 6.01. The zero-order valence-corrected chi connectivity index (χ0v) is 15.2. The fourth-order valence-electron chi connectivity index (χ4n) is 3.32. The molecule has 7 heteroatoms. The predicted octanol–water partition coefficient (Wildman–Crippen LogP) is 2.67. The van der Waals surface area contributed by atoms with Crippen molar-refractivity contribution in [1.29, 1.82) is 0 Å². The molecule has 27 heavy (non-hydrogen) atoms. The zero-order valence-electron chi connectivity index (χ0n) is 15.2. The van der Waals surface area contributed by atoms with Gasteiger partial charge in [0.25, 0.3) is 0 Å². The summed E-state index contributed by atoms with van der Waals surface area (Å²) in [7, 11) is 2.07. The summed E-state index contributed by atoms with van der Waals surface area (Å²) in [6, 6.07) is 15.4. The van der Waals surface area contributed by atoms with Crippen molar-refractivity contribution in [3.05, 3.63) is 48.5 Å². The fraction of sp³-hybridized carbons (Fsp3) is 0.250. The summed E-state index contributed by atoms with van der Waals surface area (Å²) in [5.74, 6) is 0.411. The van der Waals surface area contributed by atoms with Gasteiger partial charge in [0.1, 0.15) is 0 Å². The number of fused-ring (bicyclic) bond motifs is 1. The van der Waals surface area contributed by atoms with E-state index in [1.54, 1.807) is 0 Å². The Morgan fingerprint density at radius 3 is 2.59 bits per heavy atom. The van der Waals surface area contributed by atoms with Gasteiger partial charge < -0.3 is 20.4 Å². The van der Waals surface area contributed by atoms with Gasteiger partial charge in [-0.25, -0.2) is 9.80 Å². The number of ether oxygens (including phenoxy) is 1. The van der Waals surface area contributed by atoms with Gasteiger partial charge in [0.2, 0.25) is 5.88 Å². The van der Waals surface area contributed by atoms with Crippen LogP contribution in [0.1, 0.15) is 0 Å². The lowest BCUT2D eigenvalue weighted by atomic mass is 10.0. The number of aromatic nitrogens is 1. The third kappa shape index (κ3) is 3.74. The first kappa shape index (κ1) is 17.4. The third-order valence-corrected chi connectivity index (χ3v) is 4.80. The van der Waals surface area contributed by atoms with Crippen LogP contribution in [-0.4, -0.2) is 54.2 Å². The Kier molecular flexibility index (Phi) is 4.70. The Balaban J connectivity index is 1.62. The molecule has 0 radical (unpaired) electrons. The van der Waals surface area contributed by atoms with Gasteiger partial charge in [-0.15, -0.1) is 0 Å². The number of aromatic amines is 1. The maximum atomic E-state index is 12.5. The van der Waals surface area contributed by atoms with Crippen molar-refractivity contribution in [2.75, 3.05) is 39.0 Å². The minimum atomic E-state index is -0.503. The number of H-pyrrole nitrogens is 1. The van der Waals surface area contributed by atoms with Crippen molar-refractivity contribution < 1.29 is 9.53 Å². The summed E-state index contributed by atoms with van der Waals surface area (Å²) in [5, 5.41) is 2.80. The van der Waals surface area contributed by atoms with Gasteiger partial charge in [0, 0.05) is 42.8 Å². The number of amides is 1. The number of carbonyl (C=O) groups excluding carboxylic acids is 1. The number of hydrazine groups is 1. The topological polar surface area (TPSA) is 86.6 Å². The second-order valence-corrected chi connectivity index (χ2v) is 6.79. The molecular formula is C20H23N5O2. The predicted molar refractivity (Wildman–Crippen MR) is 106 cm³/mol. The van der Waals surface area contributed by atoms with Crippen molar-refractivity contribution in [3.63, 3.8) is 0 Å². The lowest BCUT2D eigenvalue weighted by Gasteiger charge is -2.31. The quantitative estimate of drug-likeness (QED) is 0.621. The molecule has 0 atom stereocenters. The highest BCUT2D eigenvalue weighted by Gasteiger charge is 2.20. The number of carbonyl (C=O) groups is 1. The molecule has 1 amide bonds. The Morgan fingerprint density at radius 2 is 1.85 bits per heavy atom. The van der Waals surface area contributed by atoms with E-state index < -0.39 is 6.09 Å². The molecule has 0 saturated carbocycles. The number of likely N-dealkylation sites (N-methyl/N-ethyl adjacent to an activating group) is 1. The zero-order chi connectivity index (χ0) is 18.8. The van der Waals surface area contributed by atoms with E-state index in [-0.39, 0.29) is 0 Å². The first-order chi connectivity index (χ1) is 13.1. The van der Waals surface area contributed by atoms with E-state index in [1.165, 1.54) is 0 Å². The van der Waals surface area contributed by atoms with Gasteiger partial charge >= 0.3 is 6.09 Å². The number of hydrogen-bond acceptors (Lipinski definition) is 5. The van der Waals surface area contributed by atoms with Crippen LogP contribution in [0.5, 0.6) is 5.88 Å². The lowest BCUT2D eigenvalue weighted by Crippen LogP contribution is -2.53. The molecule has 7 nitrogen and oxygen atoms in total. The summed E-state index contributed by atoms with van der Waals surface area (Å²) < 4.78 is 5.65. The van der Waals surface area contributed by atoms with Crippen LogP contribution in [0, 0.1) is 0 Å². The Morgan fingerprint density at radius 1 is 1.11 bits per heavy atom. The molecule has 1 aliphatic rings. The summed E-state index contributed by atoms with van der Waals surface area (Å²) in [5.41, 5.74) is 12.1. The molecular weight excluding hydrogens is 342 g/mol. The van der Waals surface area contributed by atoms with Crippen LogP contribution >= 0.6 is 0 Å². The Hall–Kier alpha value is -3.03. The van der Waals surface area contributed by atoms with E-state index in [2.05, 4.69) is 22.4 Å². The summed E-state index contributed by atoms with van der Waals surface area (Å²) in [6.45, 7) is 3.34. The van der Waals surface area contributed by atoms with Crippen LogP contribution < -0.4 is 15.9 Å². The molecule has 1 fully saturated rings. The summed E-state index contributed by atoms with van der Waals surface area (Å²) in [4.78, 5) is 17.9. The minimum Gasteiger partial charge on any atom is -0.399 e. The lowest BCUT2D eigenvalue weighted by molar-refractivity contribution is 0.0973. The number of nitrogens with two attached hydrogens (primary N) is 1. The van der Waals surface area contributed by atoms with Gasteiger partial charge in [-0.3, -0.25) is 5.43 Å². The van der Waals surface area contributed by atoms with Gasteiger partial charge in [-0.2, -0.15) is 0 Å². The maximum Gasteiger partial charge on any atom is 0.428 e. The Bertz CT molecular complexity index is 946. The molecule has 2 aromatic carbocycles. The number of nitrogens with zero attached hydrogens (tertiary/aromatic N) is 2. The second-order valence-electron chi connectivity index (χ2n) is 6.79. The molecule has 0 unspecified atom stereocenters. The first-order valence-electron chi connectivity index (χ1n) is 8.99. The Labute approximate surface area is 157 Å². The van der Waals surface area contributed by atoms with Crippen molar-refractivity contribution in [2.45, 2.75) is 0 Å². The van der Waals surface area contributed by atoms with E-state index in [1.807, 2.05) is 53.5 Å². The number of piperazine rings is 1. The molecule has 4 rings (SSSR count). The SMILES string of the molecule is CN1CCN(NC(=O)Oc2[nH]c3ccc(N)cc3c2-c2ccccc2)CC1. The maximum absolute atomic E-state index is 12.5. The van der Waals surface area contributed by atoms with E-state index >= 15 is 0 Å². The number of hydrogen-bond donors (Lipinski definition) is 3. The fourth-order valence-corrected chi connectivity index (χ4v) is 3.32. The number of rotatable bonds is 3. The molecule has 1 saturated heterocycles. The van der Waals surface area contributed by atoms with Crippen molar-refractivity contribution in [3.8, 4) is 17.0 Å². The normalized spacial score (nSPS) is 15.7. The number of benzene rings is 2. The van der Waals surface area contributed by atoms with Crippen LogP contribution in [-0.2, 0) is 0 Å². The summed E-state index contributed by atoms with van der Waals surface area (Å²) in [6.07, 6.45) is -0.503. The molecule has 140 valence electrons. The van der Waals surface area contributed by atoms with Crippen LogP contribution in [0.2, 0.25) is 0 Å². The van der Waals surface area contributed by atoms with Gasteiger partial charge in [0.05, 0.1) is 5.56 Å². The van der Waals surface area contributed by atoms with Crippen LogP contribution in [0.25, 0.3) is 22.0 Å². The average Bonchev–Trinajstić information content (AvgIpc) is 3.01. The molecule has 1 aliphatic heterocycles. The molecule has 0 spiro atoms. The third-order valence-electron chi connectivity index (χ3n) is 4.80. The first-order valence-corrected chi connectivity index (χ1v) is 8.99. The smallest absolute Gasteiger partial charge is 0.399 e. The summed E-state index contributed by atoms with van der Waals surface area (Å²) >= 11 is 0. The monoisotopic (exact) mass is 365 g/mol. The number of nitrogen functional groups attached to an aromatic ring is 1. The average molecular weight is 365 g/mol. The molecule has 4 N–H and O–H groups in total. The van der Waals surface area contributed by atoms with Gasteiger partial charge in [-0.1, -0.05) is 30.3 Å². The van der Waals surface area contributed by atoms with Crippen molar-refractivity contribution >= 4 is 22.7 Å².